The normalized spacial score (nSPS) is 11.9. The molecule has 3 N–H and O–H groups in total. The Bertz CT molecular complexity index is 307. The Kier molecular flexibility index (Phi) is 6.99. The quantitative estimate of drug-likeness (QED) is 0.621. The maximum absolute atomic E-state index is 12.0. The molecule has 0 aromatic heterocycles. The number of carboxylic acids is 1. The Morgan fingerprint density at radius 1 is 1.47 bits per heavy atom. The summed E-state index contributed by atoms with van der Waals surface area (Å²) in [7, 11) is 0. The maximum Gasteiger partial charge on any atom is 0.323 e. The van der Waals surface area contributed by atoms with Crippen molar-refractivity contribution in [3.63, 3.8) is 0 Å². The number of aliphatic carboxylic acids is 1. The first-order valence-electron chi connectivity index (χ1n) is 5.56. The van der Waals surface area contributed by atoms with Crippen molar-refractivity contribution in [3.8, 4) is 12.3 Å². The van der Waals surface area contributed by atoms with E-state index in [1.165, 1.54) is 0 Å². The Hall–Kier alpha value is -1.54. The highest BCUT2D eigenvalue weighted by Gasteiger charge is 2.24. The fourth-order valence-electron chi connectivity index (χ4n) is 1.61. The highest BCUT2D eigenvalue weighted by Crippen LogP contribution is 2.13. The summed E-state index contributed by atoms with van der Waals surface area (Å²) < 4.78 is 0. The van der Waals surface area contributed by atoms with Crippen LogP contribution in [-0.2, 0) is 9.59 Å². The molecule has 0 aromatic carbocycles. The van der Waals surface area contributed by atoms with Gasteiger partial charge in [-0.05, 0) is 12.3 Å². The van der Waals surface area contributed by atoms with E-state index in [0.29, 0.717) is 12.3 Å². The van der Waals surface area contributed by atoms with Gasteiger partial charge in [0.15, 0.2) is 0 Å². The minimum atomic E-state index is -1.08. The van der Waals surface area contributed by atoms with Gasteiger partial charge in [0.2, 0.25) is 5.91 Å². The van der Waals surface area contributed by atoms with Crippen LogP contribution in [0.5, 0.6) is 0 Å². The van der Waals surface area contributed by atoms with E-state index in [1.807, 2.05) is 13.8 Å². The van der Waals surface area contributed by atoms with Gasteiger partial charge in [-0.1, -0.05) is 19.8 Å². The summed E-state index contributed by atoms with van der Waals surface area (Å²) in [6.45, 7) is 3.80. The Balaban J connectivity index is 4.67. The van der Waals surface area contributed by atoms with Crippen molar-refractivity contribution in [3.05, 3.63) is 0 Å². The van der Waals surface area contributed by atoms with Gasteiger partial charge >= 0.3 is 5.97 Å². The van der Waals surface area contributed by atoms with Gasteiger partial charge in [0.1, 0.15) is 6.54 Å². The summed E-state index contributed by atoms with van der Waals surface area (Å²) in [6, 6.07) is 0. The van der Waals surface area contributed by atoms with Crippen LogP contribution in [0.3, 0.4) is 0 Å². The molecule has 5 heteroatoms. The SMILES string of the molecule is C#CCN(CC(=O)O)C(=O)C(CN)CC(C)C. The zero-order valence-electron chi connectivity index (χ0n) is 10.3. The highest BCUT2D eigenvalue weighted by atomic mass is 16.4. The van der Waals surface area contributed by atoms with E-state index in [0.717, 1.165) is 4.90 Å². The minimum Gasteiger partial charge on any atom is -0.480 e. The second-order valence-corrected chi connectivity index (χ2v) is 4.35. The van der Waals surface area contributed by atoms with Crippen LogP contribution in [0, 0.1) is 24.2 Å². The summed E-state index contributed by atoms with van der Waals surface area (Å²) in [5.41, 5.74) is 5.54. The molecule has 17 heavy (non-hydrogen) atoms. The number of terminal acetylenes is 1. The van der Waals surface area contributed by atoms with Crippen LogP contribution in [0.1, 0.15) is 20.3 Å². The van der Waals surface area contributed by atoms with Gasteiger partial charge in [0.25, 0.3) is 0 Å². The van der Waals surface area contributed by atoms with Crippen LogP contribution in [0.15, 0.2) is 0 Å². The van der Waals surface area contributed by atoms with E-state index < -0.39 is 5.97 Å². The molecular formula is C12H20N2O3. The molecule has 0 rings (SSSR count). The van der Waals surface area contributed by atoms with Gasteiger partial charge < -0.3 is 15.7 Å². The Labute approximate surface area is 102 Å². The second kappa shape index (κ2) is 7.69. The van der Waals surface area contributed by atoms with Gasteiger partial charge in [-0.2, -0.15) is 0 Å². The first kappa shape index (κ1) is 15.5. The monoisotopic (exact) mass is 240 g/mol. The van der Waals surface area contributed by atoms with Crippen LogP contribution >= 0.6 is 0 Å². The second-order valence-electron chi connectivity index (χ2n) is 4.35. The highest BCUT2D eigenvalue weighted by molar-refractivity contribution is 5.83. The predicted octanol–water partition coefficient (Wildman–Crippen LogP) is 0.154. The van der Waals surface area contributed by atoms with Gasteiger partial charge in [0.05, 0.1) is 12.5 Å². The Morgan fingerprint density at radius 3 is 2.41 bits per heavy atom. The zero-order valence-corrected chi connectivity index (χ0v) is 10.3. The molecule has 0 fully saturated rings. The molecule has 0 saturated heterocycles. The number of carboxylic acid groups (broad SMARTS) is 1. The molecule has 1 amide bonds. The van der Waals surface area contributed by atoms with Gasteiger partial charge in [0, 0.05) is 6.54 Å². The summed E-state index contributed by atoms with van der Waals surface area (Å²) in [4.78, 5) is 23.8. The number of hydrogen-bond acceptors (Lipinski definition) is 3. The number of nitrogens with zero attached hydrogens (tertiary/aromatic N) is 1. The fourth-order valence-corrected chi connectivity index (χ4v) is 1.61. The van der Waals surface area contributed by atoms with Crippen molar-refractivity contribution >= 4 is 11.9 Å². The van der Waals surface area contributed by atoms with E-state index in [1.54, 1.807) is 0 Å². The molecule has 0 radical (unpaired) electrons. The first-order chi connectivity index (χ1) is 7.92. The molecule has 0 aromatic rings. The summed E-state index contributed by atoms with van der Waals surface area (Å²) in [6.07, 6.45) is 5.75. The largest absolute Gasteiger partial charge is 0.480 e. The molecule has 0 spiro atoms. The molecule has 1 atom stereocenters. The lowest BCUT2D eigenvalue weighted by Crippen LogP contribution is -2.42. The van der Waals surface area contributed by atoms with Crippen molar-refractivity contribution < 1.29 is 14.7 Å². The number of carbonyl (C=O) groups excluding carboxylic acids is 1. The minimum absolute atomic E-state index is 0.000269. The van der Waals surface area contributed by atoms with Crippen molar-refractivity contribution in [2.24, 2.45) is 17.6 Å². The third-order valence-electron chi connectivity index (χ3n) is 2.31. The van der Waals surface area contributed by atoms with Crippen LogP contribution < -0.4 is 5.73 Å². The molecule has 0 aliphatic heterocycles. The van der Waals surface area contributed by atoms with Crippen LogP contribution in [0.25, 0.3) is 0 Å². The van der Waals surface area contributed by atoms with E-state index in [4.69, 9.17) is 17.3 Å². The average molecular weight is 240 g/mol. The maximum atomic E-state index is 12.0. The molecule has 5 nitrogen and oxygen atoms in total. The van der Waals surface area contributed by atoms with Gasteiger partial charge in [-0.3, -0.25) is 9.59 Å². The van der Waals surface area contributed by atoms with Crippen LogP contribution in [0.4, 0.5) is 0 Å². The van der Waals surface area contributed by atoms with Crippen LogP contribution in [0.2, 0.25) is 0 Å². The molecule has 1 unspecified atom stereocenters. The molecule has 0 bridgehead atoms. The lowest BCUT2D eigenvalue weighted by Gasteiger charge is -2.24. The molecule has 0 aliphatic rings. The summed E-state index contributed by atoms with van der Waals surface area (Å²) >= 11 is 0. The number of nitrogens with two attached hydrogens (primary N) is 1. The van der Waals surface area contributed by atoms with E-state index in [-0.39, 0.29) is 31.5 Å². The van der Waals surface area contributed by atoms with Crippen molar-refractivity contribution in [2.45, 2.75) is 20.3 Å². The summed E-state index contributed by atoms with van der Waals surface area (Å²) in [5, 5.41) is 8.70. The number of amides is 1. The number of carbonyl (C=O) groups is 2. The van der Waals surface area contributed by atoms with Crippen molar-refractivity contribution in [1.29, 1.82) is 0 Å². The lowest BCUT2D eigenvalue weighted by molar-refractivity contribution is -0.145. The zero-order chi connectivity index (χ0) is 13.4. The third-order valence-corrected chi connectivity index (χ3v) is 2.31. The summed E-state index contributed by atoms with van der Waals surface area (Å²) in [5.74, 6) is 0.901. The molecule has 0 saturated carbocycles. The molecule has 96 valence electrons. The lowest BCUT2D eigenvalue weighted by atomic mass is 9.96. The van der Waals surface area contributed by atoms with Crippen molar-refractivity contribution in [2.75, 3.05) is 19.6 Å². The number of hydrogen-bond donors (Lipinski definition) is 2. The predicted molar refractivity (Wildman–Crippen MR) is 65.0 cm³/mol. The van der Waals surface area contributed by atoms with E-state index in [9.17, 15) is 9.59 Å². The molecule has 0 aliphatic carbocycles. The van der Waals surface area contributed by atoms with Crippen molar-refractivity contribution in [1.82, 2.24) is 4.90 Å². The Morgan fingerprint density at radius 2 is 2.06 bits per heavy atom. The smallest absolute Gasteiger partial charge is 0.323 e. The van der Waals surface area contributed by atoms with E-state index in [2.05, 4.69) is 5.92 Å². The average Bonchev–Trinajstić information content (AvgIpc) is 2.23. The third kappa shape index (κ3) is 5.93. The number of rotatable bonds is 7. The van der Waals surface area contributed by atoms with E-state index >= 15 is 0 Å². The van der Waals surface area contributed by atoms with Gasteiger partial charge in [-0.15, -0.1) is 6.42 Å². The fraction of sp³-hybridized carbons (Fsp3) is 0.667. The first-order valence-corrected chi connectivity index (χ1v) is 5.56. The topological polar surface area (TPSA) is 83.6 Å². The standard InChI is InChI=1S/C12H20N2O3/c1-4-5-14(8-11(15)16)12(17)10(7-13)6-9(2)3/h1,9-10H,5-8,13H2,2-3H3,(H,15,16). The molecular weight excluding hydrogens is 220 g/mol. The molecule has 0 heterocycles. The van der Waals surface area contributed by atoms with Gasteiger partial charge in [-0.25, -0.2) is 0 Å². The van der Waals surface area contributed by atoms with Crippen LogP contribution in [-0.4, -0.2) is 41.5 Å².